The Morgan fingerprint density at radius 2 is 1.59 bits per heavy atom. The van der Waals surface area contributed by atoms with Gasteiger partial charge in [0.2, 0.25) is 15.9 Å². The second-order valence-corrected chi connectivity index (χ2v) is 8.10. The van der Waals surface area contributed by atoms with E-state index in [0.717, 1.165) is 10.6 Å². The fraction of sp³-hybridized carbons (Fsp3) is 0.350. The van der Waals surface area contributed by atoms with Crippen LogP contribution in [0.2, 0.25) is 0 Å². The molecular weight excluding hydrogens is 396 g/mol. The minimum absolute atomic E-state index is 0.267. The Balaban J connectivity index is 2.38. The molecule has 2 aromatic rings. The van der Waals surface area contributed by atoms with Gasteiger partial charge in [-0.05, 0) is 42.8 Å². The monoisotopic (exact) mass is 422 g/mol. The molecule has 0 fully saturated rings. The van der Waals surface area contributed by atoms with Crippen molar-refractivity contribution in [2.75, 3.05) is 37.2 Å². The van der Waals surface area contributed by atoms with Gasteiger partial charge in [0.15, 0.2) is 0 Å². The number of nitrogens with zero attached hydrogens (tertiary/aromatic N) is 1. The Kier molecular flexibility index (Phi) is 7.33. The highest BCUT2D eigenvalue weighted by Gasteiger charge is 2.32. The Hall–Kier alpha value is -2.94. The second-order valence-electron chi connectivity index (χ2n) is 6.24. The lowest BCUT2D eigenvalue weighted by Crippen LogP contribution is -2.47. The summed E-state index contributed by atoms with van der Waals surface area (Å²) in [5, 5.41) is 2.76. The smallest absolute Gasteiger partial charge is 0.248 e. The van der Waals surface area contributed by atoms with E-state index in [0.29, 0.717) is 28.6 Å². The molecule has 158 valence electrons. The molecule has 0 aliphatic heterocycles. The highest BCUT2D eigenvalue weighted by molar-refractivity contribution is 7.92. The van der Waals surface area contributed by atoms with E-state index in [-0.39, 0.29) is 6.42 Å². The zero-order chi connectivity index (χ0) is 21.6. The van der Waals surface area contributed by atoms with Crippen molar-refractivity contribution in [2.45, 2.75) is 19.4 Å². The number of carbonyl (C=O) groups is 1. The van der Waals surface area contributed by atoms with E-state index in [9.17, 15) is 13.2 Å². The molecule has 29 heavy (non-hydrogen) atoms. The third-order valence-corrected chi connectivity index (χ3v) is 5.50. The second kappa shape index (κ2) is 9.51. The van der Waals surface area contributed by atoms with Crippen LogP contribution in [0.15, 0.2) is 42.5 Å². The fourth-order valence-electron chi connectivity index (χ4n) is 2.91. The zero-order valence-corrected chi connectivity index (χ0v) is 17.9. The van der Waals surface area contributed by atoms with Crippen molar-refractivity contribution in [2.24, 2.45) is 0 Å². The van der Waals surface area contributed by atoms with Crippen molar-refractivity contribution < 1.29 is 27.4 Å². The van der Waals surface area contributed by atoms with Gasteiger partial charge in [-0.1, -0.05) is 6.92 Å². The minimum Gasteiger partial charge on any atom is -0.497 e. The molecule has 0 radical (unpaired) electrons. The van der Waals surface area contributed by atoms with Crippen molar-refractivity contribution in [1.82, 2.24) is 0 Å². The molecule has 0 aliphatic rings. The van der Waals surface area contributed by atoms with E-state index in [2.05, 4.69) is 5.32 Å². The summed E-state index contributed by atoms with van der Waals surface area (Å²) in [6.45, 7) is 1.75. The van der Waals surface area contributed by atoms with Crippen molar-refractivity contribution in [3.63, 3.8) is 0 Å². The summed E-state index contributed by atoms with van der Waals surface area (Å²) >= 11 is 0. The number of methoxy groups -OCH3 is 3. The molecule has 1 N–H and O–H groups in total. The van der Waals surface area contributed by atoms with Crippen LogP contribution >= 0.6 is 0 Å². The largest absolute Gasteiger partial charge is 0.497 e. The average molecular weight is 423 g/mol. The van der Waals surface area contributed by atoms with Gasteiger partial charge in [-0.25, -0.2) is 8.42 Å². The summed E-state index contributed by atoms with van der Waals surface area (Å²) < 4.78 is 41.7. The topological polar surface area (TPSA) is 94.2 Å². The van der Waals surface area contributed by atoms with Crippen LogP contribution in [0.1, 0.15) is 13.3 Å². The number of hydrogen-bond acceptors (Lipinski definition) is 6. The molecule has 0 saturated heterocycles. The van der Waals surface area contributed by atoms with Crippen molar-refractivity contribution in [3.05, 3.63) is 42.5 Å². The number of carbonyl (C=O) groups excluding carboxylic acids is 1. The normalized spacial score (nSPS) is 12.0. The van der Waals surface area contributed by atoms with Crippen LogP contribution in [-0.4, -0.2) is 48.0 Å². The zero-order valence-electron chi connectivity index (χ0n) is 17.1. The van der Waals surface area contributed by atoms with E-state index >= 15 is 0 Å². The third-order valence-electron chi connectivity index (χ3n) is 4.32. The number of benzene rings is 2. The van der Waals surface area contributed by atoms with Crippen LogP contribution in [0.25, 0.3) is 0 Å². The van der Waals surface area contributed by atoms with Gasteiger partial charge in [-0.2, -0.15) is 0 Å². The number of sulfonamides is 1. The number of rotatable bonds is 9. The van der Waals surface area contributed by atoms with Crippen LogP contribution < -0.4 is 23.8 Å². The average Bonchev–Trinajstić information content (AvgIpc) is 2.71. The highest BCUT2D eigenvalue weighted by Crippen LogP contribution is 2.30. The van der Waals surface area contributed by atoms with Crippen molar-refractivity contribution in [1.29, 1.82) is 0 Å². The molecule has 0 bridgehead atoms. The summed E-state index contributed by atoms with van der Waals surface area (Å²) in [7, 11) is 0.790. The van der Waals surface area contributed by atoms with Crippen LogP contribution in [0.5, 0.6) is 17.2 Å². The summed E-state index contributed by atoms with van der Waals surface area (Å²) in [6, 6.07) is 10.5. The van der Waals surface area contributed by atoms with Crippen LogP contribution in [0, 0.1) is 0 Å². The predicted molar refractivity (Wildman–Crippen MR) is 113 cm³/mol. The van der Waals surface area contributed by atoms with Gasteiger partial charge in [-0.15, -0.1) is 0 Å². The first-order chi connectivity index (χ1) is 13.7. The van der Waals surface area contributed by atoms with Gasteiger partial charge in [-0.3, -0.25) is 9.10 Å². The van der Waals surface area contributed by atoms with Gasteiger partial charge < -0.3 is 19.5 Å². The molecule has 2 aromatic carbocycles. The summed E-state index contributed by atoms with van der Waals surface area (Å²) in [4.78, 5) is 13.0. The van der Waals surface area contributed by atoms with Crippen molar-refractivity contribution in [3.8, 4) is 17.2 Å². The maximum atomic E-state index is 13.0. The molecule has 8 nitrogen and oxygen atoms in total. The molecule has 9 heteroatoms. The maximum Gasteiger partial charge on any atom is 0.248 e. The Morgan fingerprint density at radius 3 is 2.07 bits per heavy atom. The number of amides is 1. The number of ether oxygens (including phenoxy) is 3. The number of hydrogen-bond donors (Lipinski definition) is 1. The van der Waals surface area contributed by atoms with Crippen LogP contribution in [0.4, 0.5) is 11.4 Å². The van der Waals surface area contributed by atoms with Crippen LogP contribution in [0.3, 0.4) is 0 Å². The molecule has 2 rings (SSSR count). The van der Waals surface area contributed by atoms with E-state index in [1.54, 1.807) is 49.4 Å². The lowest BCUT2D eigenvalue weighted by Gasteiger charge is -2.30. The molecule has 0 saturated carbocycles. The Labute approximate surface area is 171 Å². The first-order valence-electron chi connectivity index (χ1n) is 8.91. The molecule has 0 spiro atoms. The van der Waals surface area contributed by atoms with E-state index in [1.165, 1.54) is 21.3 Å². The molecule has 1 amide bonds. The SMILES string of the molecule is CC[C@H](C(=O)Nc1ccc(OC)cc1OC)N(c1ccc(OC)cc1)S(C)(=O)=O. The molecule has 1 atom stereocenters. The van der Waals surface area contributed by atoms with E-state index < -0.39 is 22.0 Å². The molecule has 0 heterocycles. The Bertz CT molecular complexity index is 944. The molecular formula is C20H26N2O6S. The first kappa shape index (κ1) is 22.4. The summed E-state index contributed by atoms with van der Waals surface area (Å²) in [5.41, 5.74) is 0.789. The maximum absolute atomic E-state index is 13.0. The van der Waals surface area contributed by atoms with E-state index in [4.69, 9.17) is 14.2 Å². The third kappa shape index (κ3) is 5.32. The minimum atomic E-state index is -3.73. The van der Waals surface area contributed by atoms with Gasteiger partial charge in [0, 0.05) is 6.07 Å². The lowest BCUT2D eigenvalue weighted by molar-refractivity contribution is -0.117. The standard InChI is InChI=1S/C20H26N2O6S/c1-6-18(20(23)21-17-12-11-16(27-3)13-19(17)28-4)22(29(5,24)25)14-7-9-15(26-2)10-8-14/h7-13,18H,6H2,1-5H3,(H,21,23)/t18-/m1/s1. The molecule has 0 aromatic heterocycles. The Morgan fingerprint density at radius 1 is 1.00 bits per heavy atom. The quantitative estimate of drug-likeness (QED) is 0.668. The van der Waals surface area contributed by atoms with E-state index in [1.807, 2.05) is 0 Å². The molecule has 0 aliphatic carbocycles. The summed E-state index contributed by atoms with van der Waals surface area (Å²) in [6.07, 6.45) is 1.34. The van der Waals surface area contributed by atoms with Gasteiger partial charge in [0.05, 0.1) is 39.0 Å². The highest BCUT2D eigenvalue weighted by atomic mass is 32.2. The number of anilines is 2. The fourth-order valence-corrected chi connectivity index (χ4v) is 4.12. The first-order valence-corrected chi connectivity index (χ1v) is 10.8. The van der Waals surface area contributed by atoms with Gasteiger partial charge in [0.25, 0.3) is 0 Å². The van der Waals surface area contributed by atoms with Crippen molar-refractivity contribution >= 4 is 27.3 Å². The molecule has 0 unspecified atom stereocenters. The van der Waals surface area contributed by atoms with Crippen LogP contribution in [-0.2, 0) is 14.8 Å². The lowest BCUT2D eigenvalue weighted by atomic mass is 10.1. The number of nitrogens with one attached hydrogen (secondary N) is 1. The summed E-state index contributed by atoms with van der Waals surface area (Å²) in [5.74, 6) is 1.09. The predicted octanol–water partition coefficient (Wildman–Crippen LogP) is 2.90. The van der Waals surface area contributed by atoms with Gasteiger partial charge >= 0.3 is 0 Å². The van der Waals surface area contributed by atoms with Gasteiger partial charge in [0.1, 0.15) is 23.3 Å².